The number of anilines is 1. The minimum Gasteiger partial charge on any atom is -0.370 e. The van der Waals surface area contributed by atoms with Gasteiger partial charge in [0.1, 0.15) is 5.82 Å². The van der Waals surface area contributed by atoms with Crippen molar-refractivity contribution in [3.8, 4) is 0 Å². The lowest BCUT2D eigenvalue weighted by molar-refractivity contribution is 0.489. The van der Waals surface area contributed by atoms with E-state index in [4.69, 9.17) is 0 Å². The zero-order chi connectivity index (χ0) is 12.5. The lowest BCUT2D eigenvalue weighted by Gasteiger charge is -2.28. The lowest BCUT2D eigenvalue weighted by Crippen LogP contribution is -2.39. The van der Waals surface area contributed by atoms with Crippen molar-refractivity contribution in [2.75, 3.05) is 24.5 Å². The Bertz CT molecular complexity index is 429. The molecule has 1 aromatic rings. The van der Waals surface area contributed by atoms with Crippen LogP contribution in [0.5, 0.6) is 0 Å². The maximum atomic E-state index is 13.4. The predicted molar refractivity (Wildman–Crippen MR) is 72.5 cm³/mol. The molecule has 1 aliphatic carbocycles. The first-order valence-electron chi connectivity index (χ1n) is 6.98. The van der Waals surface area contributed by atoms with E-state index in [9.17, 15) is 4.39 Å². The van der Waals surface area contributed by atoms with Crippen LogP contribution in [0.25, 0.3) is 0 Å². The highest BCUT2D eigenvalue weighted by Gasteiger charge is 2.33. The van der Waals surface area contributed by atoms with Gasteiger partial charge in [0.05, 0.1) is 0 Å². The molecule has 3 rings (SSSR count). The summed E-state index contributed by atoms with van der Waals surface area (Å²) in [5.41, 5.74) is 2.25. The van der Waals surface area contributed by atoms with E-state index in [1.54, 1.807) is 12.1 Å². The van der Waals surface area contributed by atoms with Crippen LogP contribution in [0.1, 0.15) is 24.8 Å². The van der Waals surface area contributed by atoms with Crippen LogP contribution in [0.15, 0.2) is 18.2 Å². The van der Waals surface area contributed by atoms with Crippen LogP contribution in [0.4, 0.5) is 10.1 Å². The van der Waals surface area contributed by atoms with Crippen LogP contribution < -0.4 is 10.2 Å². The van der Waals surface area contributed by atoms with Gasteiger partial charge in [0, 0.05) is 24.8 Å². The highest BCUT2D eigenvalue weighted by Crippen LogP contribution is 2.34. The second kappa shape index (κ2) is 4.88. The molecule has 1 heterocycles. The maximum absolute atomic E-state index is 13.4. The van der Waals surface area contributed by atoms with Gasteiger partial charge in [0.25, 0.3) is 0 Å². The van der Waals surface area contributed by atoms with E-state index < -0.39 is 0 Å². The molecule has 3 heteroatoms. The summed E-state index contributed by atoms with van der Waals surface area (Å²) in [6.07, 6.45) is 3.85. The standard InChI is InChI=1S/C15H21FN2/c1-11-3-6-13(16)9-15(11)18-8-2-7-17-14(10-18)12-4-5-12/h3,6,9,12,14,17H,2,4-5,7-8,10H2,1H3. The minimum absolute atomic E-state index is 0.129. The molecule has 0 bridgehead atoms. The first-order chi connectivity index (χ1) is 8.74. The molecule has 1 N–H and O–H groups in total. The van der Waals surface area contributed by atoms with Crippen LogP contribution in [-0.2, 0) is 0 Å². The van der Waals surface area contributed by atoms with E-state index in [1.807, 2.05) is 6.07 Å². The molecule has 2 fully saturated rings. The second-order valence-corrected chi connectivity index (χ2v) is 5.63. The Hall–Kier alpha value is -1.09. The Labute approximate surface area is 108 Å². The molecule has 1 saturated heterocycles. The smallest absolute Gasteiger partial charge is 0.125 e. The molecule has 0 amide bonds. The van der Waals surface area contributed by atoms with Crippen LogP contribution in [0.3, 0.4) is 0 Å². The molecule has 0 aromatic heterocycles. The predicted octanol–water partition coefficient (Wildman–Crippen LogP) is 2.71. The van der Waals surface area contributed by atoms with Gasteiger partial charge >= 0.3 is 0 Å². The molecular formula is C15H21FN2. The van der Waals surface area contributed by atoms with Gasteiger partial charge in [0.2, 0.25) is 0 Å². The number of halogens is 1. The summed E-state index contributed by atoms with van der Waals surface area (Å²) < 4.78 is 13.4. The topological polar surface area (TPSA) is 15.3 Å². The molecule has 1 unspecified atom stereocenters. The van der Waals surface area contributed by atoms with Crippen LogP contribution in [-0.4, -0.2) is 25.7 Å². The molecule has 1 saturated carbocycles. The van der Waals surface area contributed by atoms with Gasteiger partial charge < -0.3 is 10.2 Å². The number of rotatable bonds is 2. The summed E-state index contributed by atoms with van der Waals surface area (Å²) >= 11 is 0. The second-order valence-electron chi connectivity index (χ2n) is 5.63. The fourth-order valence-electron chi connectivity index (χ4n) is 2.91. The summed E-state index contributed by atoms with van der Waals surface area (Å²) in [5.74, 6) is 0.718. The van der Waals surface area contributed by atoms with Gasteiger partial charge in [-0.2, -0.15) is 0 Å². The van der Waals surface area contributed by atoms with Crippen molar-refractivity contribution >= 4 is 5.69 Å². The van der Waals surface area contributed by atoms with Gasteiger partial charge in [0.15, 0.2) is 0 Å². The van der Waals surface area contributed by atoms with Crippen molar-refractivity contribution in [2.24, 2.45) is 5.92 Å². The van der Waals surface area contributed by atoms with Gasteiger partial charge in [-0.05, 0) is 56.3 Å². The number of hydrogen-bond donors (Lipinski definition) is 1. The van der Waals surface area contributed by atoms with E-state index in [2.05, 4.69) is 17.1 Å². The van der Waals surface area contributed by atoms with Crippen molar-refractivity contribution in [2.45, 2.75) is 32.2 Å². The molecule has 1 aliphatic heterocycles. The molecule has 2 aliphatic rings. The highest BCUT2D eigenvalue weighted by molar-refractivity contribution is 5.53. The molecular weight excluding hydrogens is 227 g/mol. The molecule has 1 aromatic carbocycles. The Morgan fingerprint density at radius 1 is 1.33 bits per heavy atom. The summed E-state index contributed by atoms with van der Waals surface area (Å²) in [6, 6.07) is 5.71. The quantitative estimate of drug-likeness (QED) is 0.865. The number of aryl methyl sites for hydroxylation is 1. The fraction of sp³-hybridized carbons (Fsp3) is 0.600. The van der Waals surface area contributed by atoms with Crippen LogP contribution in [0, 0.1) is 18.7 Å². The van der Waals surface area contributed by atoms with Gasteiger partial charge in [-0.25, -0.2) is 4.39 Å². The number of hydrogen-bond acceptors (Lipinski definition) is 2. The van der Waals surface area contributed by atoms with E-state index >= 15 is 0 Å². The SMILES string of the molecule is Cc1ccc(F)cc1N1CCCNC(C2CC2)C1. The van der Waals surface area contributed by atoms with Crippen LogP contribution in [0.2, 0.25) is 0 Å². The lowest BCUT2D eigenvalue weighted by atomic mass is 10.1. The monoisotopic (exact) mass is 248 g/mol. The van der Waals surface area contributed by atoms with Gasteiger partial charge in [-0.1, -0.05) is 6.07 Å². The summed E-state index contributed by atoms with van der Waals surface area (Å²) in [6.45, 7) is 5.21. The number of nitrogens with zero attached hydrogens (tertiary/aromatic N) is 1. The maximum Gasteiger partial charge on any atom is 0.125 e. The zero-order valence-electron chi connectivity index (χ0n) is 11.0. The highest BCUT2D eigenvalue weighted by atomic mass is 19.1. The molecule has 1 atom stereocenters. The van der Waals surface area contributed by atoms with Crippen molar-refractivity contribution in [1.29, 1.82) is 0 Å². The van der Waals surface area contributed by atoms with Crippen molar-refractivity contribution < 1.29 is 4.39 Å². The molecule has 18 heavy (non-hydrogen) atoms. The minimum atomic E-state index is -0.129. The first kappa shape index (κ1) is 12.0. The van der Waals surface area contributed by atoms with Gasteiger partial charge in [-0.3, -0.25) is 0 Å². The number of nitrogens with one attached hydrogen (secondary N) is 1. The first-order valence-corrected chi connectivity index (χ1v) is 6.98. The van der Waals surface area contributed by atoms with E-state index in [0.717, 1.165) is 37.7 Å². The van der Waals surface area contributed by atoms with Crippen molar-refractivity contribution in [3.63, 3.8) is 0 Å². The molecule has 0 spiro atoms. The van der Waals surface area contributed by atoms with Crippen LogP contribution >= 0.6 is 0 Å². The Kier molecular flexibility index (Phi) is 3.25. The van der Waals surface area contributed by atoms with Gasteiger partial charge in [-0.15, -0.1) is 0 Å². The fourth-order valence-corrected chi connectivity index (χ4v) is 2.91. The Morgan fingerprint density at radius 3 is 2.94 bits per heavy atom. The average Bonchev–Trinajstić information content (AvgIpc) is 3.16. The van der Waals surface area contributed by atoms with E-state index in [-0.39, 0.29) is 5.82 Å². The third kappa shape index (κ3) is 2.51. The van der Waals surface area contributed by atoms with Crippen molar-refractivity contribution in [1.82, 2.24) is 5.32 Å². The zero-order valence-corrected chi connectivity index (χ0v) is 11.0. The summed E-state index contributed by atoms with van der Waals surface area (Å²) in [7, 11) is 0. The largest absolute Gasteiger partial charge is 0.370 e. The van der Waals surface area contributed by atoms with Crippen molar-refractivity contribution in [3.05, 3.63) is 29.6 Å². The average molecular weight is 248 g/mol. The molecule has 2 nitrogen and oxygen atoms in total. The normalized spacial score (nSPS) is 25.0. The molecule has 0 radical (unpaired) electrons. The number of benzene rings is 1. The summed E-state index contributed by atoms with van der Waals surface area (Å²) in [4.78, 5) is 2.36. The Morgan fingerprint density at radius 2 is 2.17 bits per heavy atom. The third-order valence-electron chi connectivity index (χ3n) is 4.13. The third-order valence-corrected chi connectivity index (χ3v) is 4.13. The van der Waals surface area contributed by atoms with E-state index in [0.29, 0.717) is 6.04 Å². The molecule has 98 valence electrons. The summed E-state index contributed by atoms with van der Waals surface area (Å²) in [5, 5.41) is 3.64. The van der Waals surface area contributed by atoms with E-state index in [1.165, 1.54) is 18.4 Å². The Balaban J connectivity index is 1.82.